The Balaban J connectivity index is 1.54. The van der Waals surface area contributed by atoms with Crippen molar-refractivity contribution in [1.82, 2.24) is 20.4 Å². The second kappa shape index (κ2) is 7.07. The maximum Gasteiger partial charge on any atom is 0.237 e. The molecule has 0 aliphatic carbocycles. The van der Waals surface area contributed by atoms with Crippen molar-refractivity contribution in [2.45, 2.75) is 38.3 Å². The number of carbonyl (C=O) groups is 1. The molecular formula is C16H22N4OS. The number of aromatic nitrogens is 2. The molecule has 22 heavy (non-hydrogen) atoms. The van der Waals surface area contributed by atoms with E-state index in [1.807, 2.05) is 30.5 Å². The Morgan fingerprint density at radius 2 is 2.50 bits per heavy atom. The molecule has 3 heterocycles. The number of rotatable bonds is 5. The van der Waals surface area contributed by atoms with Crippen molar-refractivity contribution in [2.24, 2.45) is 0 Å². The van der Waals surface area contributed by atoms with Crippen LogP contribution < -0.4 is 5.32 Å². The number of amides is 1. The topological polar surface area (TPSA) is 61.0 Å². The third kappa shape index (κ3) is 3.56. The minimum atomic E-state index is -0.0920. The van der Waals surface area contributed by atoms with E-state index in [1.165, 1.54) is 10.6 Å². The molecule has 2 N–H and O–H groups in total. The number of likely N-dealkylation sites (tertiary alicyclic amines) is 1. The standard InChI is InChI=1S/C16H22N4OS/c1-12(16(21)17-10-14-5-3-9-22-14)20-8-2-4-13(11-20)15-6-7-18-19-15/h3,5-7,9,12-13H,2,4,8,10-11H2,1H3,(H,17,21)(H,18,19)/t12-,13+/m0/s1. The van der Waals surface area contributed by atoms with Crippen LogP contribution in [0.5, 0.6) is 0 Å². The van der Waals surface area contributed by atoms with Crippen LogP contribution in [0.2, 0.25) is 0 Å². The first-order valence-corrected chi connectivity index (χ1v) is 8.65. The number of H-pyrrole nitrogens is 1. The molecule has 2 aromatic rings. The van der Waals surface area contributed by atoms with Crippen LogP contribution in [-0.2, 0) is 11.3 Å². The summed E-state index contributed by atoms with van der Waals surface area (Å²) < 4.78 is 0. The smallest absolute Gasteiger partial charge is 0.237 e. The molecule has 3 rings (SSSR count). The Morgan fingerprint density at radius 3 is 3.23 bits per heavy atom. The van der Waals surface area contributed by atoms with Gasteiger partial charge in [0, 0.05) is 29.2 Å². The zero-order chi connectivity index (χ0) is 15.4. The summed E-state index contributed by atoms with van der Waals surface area (Å²) in [6.45, 7) is 4.52. The Labute approximate surface area is 134 Å². The van der Waals surface area contributed by atoms with Gasteiger partial charge >= 0.3 is 0 Å². The van der Waals surface area contributed by atoms with Crippen LogP contribution in [-0.4, -0.2) is 40.1 Å². The normalized spacial score (nSPS) is 20.7. The van der Waals surface area contributed by atoms with Gasteiger partial charge in [-0.1, -0.05) is 6.07 Å². The van der Waals surface area contributed by atoms with Gasteiger partial charge < -0.3 is 5.32 Å². The van der Waals surface area contributed by atoms with Gasteiger partial charge in [0.05, 0.1) is 12.6 Å². The highest BCUT2D eigenvalue weighted by Crippen LogP contribution is 2.26. The summed E-state index contributed by atoms with van der Waals surface area (Å²) in [5, 5.41) is 12.2. The summed E-state index contributed by atoms with van der Waals surface area (Å²) in [5.41, 5.74) is 1.18. The Hall–Kier alpha value is -1.66. The van der Waals surface area contributed by atoms with Gasteiger partial charge in [-0.15, -0.1) is 11.3 Å². The highest BCUT2D eigenvalue weighted by molar-refractivity contribution is 7.09. The molecular weight excluding hydrogens is 296 g/mol. The Morgan fingerprint density at radius 1 is 1.59 bits per heavy atom. The molecule has 1 amide bonds. The maximum absolute atomic E-state index is 12.4. The van der Waals surface area contributed by atoms with Gasteiger partial charge in [-0.05, 0) is 43.8 Å². The zero-order valence-electron chi connectivity index (χ0n) is 12.8. The van der Waals surface area contributed by atoms with Crippen LogP contribution in [0.3, 0.4) is 0 Å². The van der Waals surface area contributed by atoms with E-state index in [-0.39, 0.29) is 11.9 Å². The SMILES string of the molecule is C[C@@H](C(=O)NCc1cccs1)N1CCC[C@@H](c2ccn[nH]2)C1. The molecule has 2 aromatic heterocycles. The van der Waals surface area contributed by atoms with Crippen LogP contribution >= 0.6 is 11.3 Å². The summed E-state index contributed by atoms with van der Waals surface area (Å²) in [6.07, 6.45) is 4.07. The molecule has 0 unspecified atom stereocenters. The number of hydrogen-bond acceptors (Lipinski definition) is 4. The number of nitrogens with zero attached hydrogens (tertiary/aromatic N) is 2. The van der Waals surface area contributed by atoms with Crippen molar-refractivity contribution in [3.05, 3.63) is 40.3 Å². The van der Waals surface area contributed by atoms with Crippen molar-refractivity contribution >= 4 is 17.2 Å². The number of nitrogens with one attached hydrogen (secondary N) is 2. The third-order valence-electron chi connectivity index (χ3n) is 4.36. The van der Waals surface area contributed by atoms with Crippen LogP contribution in [0, 0.1) is 0 Å². The molecule has 0 radical (unpaired) electrons. The number of aromatic amines is 1. The van der Waals surface area contributed by atoms with Gasteiger partial charge in [-0.2, -0.15) is 5.10 Å². The molecule has 5 nitrogen and oxygen atoms in total. The van der Waals surface area contributed by atoms with Gasteiger partial charge in [-0.25, -0.2) is 0 Å². The van der Waals surface area contributed by atoms with E-state index in [0.717, 1.165) is 25.9 Å². The van der Waals surface area contributed by atoms with Gasteiger partial charge in [0.1, 0.15) is 0 Å². The first kappa shape index (κ1) is 15.2. The molecule has 0 saturated carbocycles. The van der Waals surface area contributed by atoms with Crippen LogP contribution in [0.25, 0.3) is 0 Å². The van der Waals surface area contributed by atoms with Crippen molar-refractivity contribution in [2.75, 3.05) is 13.1 Å². The van der Waals surface area contributed by atoms with Crippen molar-refractivity contribution in [1.29, 1.82) is 0 Å². The summed E-state index contributed by atoms with van der Waals surface area (Å²) in [6, 6.07) is 6.00. The lowest BCUT2D eigenvalue weighted by Crippen LogP contribution is -2.48. The van der Waals surface area contributed by atoms with E-state index >= 15 is 0 Å². The highest BCUT2D eigenvalue weighted by atomic mass is 32.1. The highest BCUT2D eigenvalue weighted by Gasteiger charge is 2.28. The van der Waals surface area contributed by atoms with E-state index < -0.39 is 0 Å². The van der Waals surface area contributed by atoms with Crippen LogP contribution in [0.1, 0.15) is 36.3 Å². The largest absolute Gasteiger partial charge is 0.350 e. The number of hydrogen-bond donors (Lipinski definition) is 2. The number of piperidine rings is 1. The first-order chi connectivity index (χ1) is 10.7. The van der Waals surface area contributed by atoms with E-state index in [4.69, 9.17) is 0 Å². The number of carbonyl (C=O) groups excluding carboxylic acids is 1. The molecule has 1 aliphatic rings. The lowest BCUT2D eigenvalue weighted by molar-refractivity contribution is -0.126. The lowest BCUT2D eigenvalue weighted by Gasteiger charge is -2.35. The fraction of sp³-hybridized carbons (Fsp3) is 0.500. The minimum absolute atomic E-state index is 0.0920. The average molecular weight is 318 g/mol. The third-order valence-corrected chi connectivity index (χ3v) is 5.24. The molecule has 0 spiro atoms. The van der Waals surface area contributed by atoms with Crippen molar-refractivity contribution < 1.29 is 4.79 Å². The molecule has 0 aromatic carbocycles. The molecule has 1 fully saturated rings. The predicted octanol–water partition coefficient (Wildman–Crippen LogP) is 2.36. The summed E-state index contributed by atoms with van der Waals surface area (Å²) in [5.74, 6) is 0.558. The summed E-state index contributed by atoms with van der Waals surface area (Å²) in [4.78, 5) is 15.8. The van der Waals surface area contributed by atoms with E-state index in [9.17, 15) is 4.79 Å². The number of thiophene rings is 1. The second-order valence-corrected chi connectivity index (χ2v) is 6.85. The zero-order valence-corrected chi connectivity index (χ0v) is 13.6. The lowest BCUT2D eigenvalue weighted by atomic mass is 9.94. The van der Waals surface area contributed by atoms with Crippen molar-refractivity contribution in [3.63, 3.8) is 0 Å². The minimum Gasteiger partial charge on any atom is -0.350 e. The van der Waals surface area contributed by atoms with Crippen molar-refractivity contribution in [3.8, 4) is 0 Å². The quantitative estimate of drug-likeness (QED) is 0.889. The van der Waals surface area contributed by atoms with Gasteiger partial charge in [0.15, 0.2) is 0 Å². The van der Waals surface area contributed by atoms with E-state index in [0.29, 0.717) is 12.5 Å². The fourth-order valence-electron chi connectivity index (χ4n) is 3.01. The molecule has 0 bridgehead atoms. The monoisotopic (exact) mass is 318 g/mol. The average Bonchev–Trinajstić information content (AvgIpc) is 3.25. The second-order valence-electron chi connectivity index (χ2n) is 5.82. The molecule has 1 saturated heterocycles. The van der Waals surface area contributed by atoms with E-state index in [2.05, 4.69) is 20.4 Å². The first-order valence-electron chi connectivity index (χ1n) is 7.77. The van der Waals surface area contributed by atoms with Crippen LogP contribution in [0.4, 0.5) is 0 Å². The molecule has 118 valence electrons. The fourth-order valence-corrected chi connectivity index (χ4v) is 3.65. The Bertz CT molecular complexity index is 581. The van der Waals surface area contributed by atoms with E-state index in [1.54, 1.807) is 17.5 Å². The van der Waals surface area contributed by atoms with Crippen LogP contribution in [0.15, 0.2) is 29.8 Å². The summed E-state index contributed by atoms with van der Waals surface area (Å²) in [7, 11) is 0. The van der Waals surface area contributed by atoms with Gasteiger partial charge in [0.2, 0.25) is 5.91 Å². The van der Waals surface area contributed by atoms with Gasteiger partial charge in [-0.3, -0.25) is 14.8 Å². The predicted molar refractivity (Wildman–Crippen MR) is 87.8 cm³/mol. The summed E-state index contributed by atoms with van der Waals surface area (Å²) >= 11 is 1.67. The molecule has 1 aliphatic heterocycles. The van der Waals surface area contributed by atoms with Gasteiger partial charge in [0.25, 0.3) is 0 Å². The molecule has 2 atom stereocenters. The maximum atomic E-state index is 12.4. The Kier molecular flexibility index (Phi) is 4.90. The molecule has 6 heteroatoms.